The first-order valence-electron chi connectivity index (χ1n) is 10.5. The lowest BCUT2D eigenvalue weighted by molar-refractivity contribution is -0.141. The second-order valence-electron chi connectivity index (χ2n) is 7.63. The zero-order valence-electron chi connectivity index (χ0n) is 17.4. The van der Waals surface area contributed by atoms with Crippen LogP contribution in [0.4, 0.5) is 0 Å². The molecule has 0 bridgehead atoms. The number of rotatable bonds is 7. The van der Waals surface area contributed by atoms with Gasteiger partial charge in [0.2, 0.25) is 6.79 Å². The van der Waals surface area contributed by atoms with Crippen molar-refractivity contribution in [1.82, 2.24) is 5.32 Å². The van der Waals surface area contributed by atoms with Gasteiger partial charge in [-0.15, -0.1) is 0 Å². The van der Waals surface area contributed by atoms with Crippen LogP contribution in [-0.4, -0.2) is 38.4 Å². The first kappa shape index (κ1) is 20.5. The zero-order valence-corrected chi connectivity index (χ0v) is 17.4. The van der Waals surface area contributed by atoms with E-state index < -0.39 is 11.9 Å². The predicted octanol–water partition coefficient (Wildman–Crippen LogP) is 3.35. The van der Waals surface area contributed by atoms with Crippen molar-refractivity contribution < 1.29 is 28.5 Å². The van der Waals surface area contributed by atoms with Crippen molar-refractivity contribution in [3.63, 3.8) is 0 Å². The minimum absolute atomic E-state index is 0.0653. The Balaban J connectivity index is 1.66. The van der Waals surface area contributed by atoms with Gasteiger partial charge in [0.25, 0.3) is 0 Å². The Labute approximate surface area is 176 Å². The number of carbonyl (C=O) groups is 2. The largest absolute Gasteiger partial charge is 0.460 e. The summed E-state index contributed by atoms with van der Waals surface area (Å²) >= 11 is 0. The maximum atomic E-state index is 13.1. The van der Waals surface area contributed by atoms with Crippen LogP contribution in [0.15, 0.2) is 40.7 Å². The van der Waals surface area contributed by atoms with Crippen LogP contribution in [0, 0.1) is 0 Å². The van der Waals surface area contributed by atoms with Gasteiger partial charge in [0, 0.05) is 35.9 Å². The molecule has 30 heavy (non-hydrogen) atoms. The minimum atomic E-state index is -0.493. The number of nitrogens with one attached hydrogen (secondary N) is 1. The van der Waals surface area contributed by atoms with Crippen molar-refractivity contribution >= 4 is 11.8 Å². The van der Waals surface area contributed by atoms with E-state index in [-0.39, 0.29) is 19.2 Å². The van der Waals surface area contributed by atoms with E-state index in [0.29, 0.717) is 48.0 Å². The smallest absolute Gasteiger partial charge is 0.336 e. The third kappa shape index (κ3) is 3.94. The molecule has 1 aromatic carbocycles. The predicted molar refractivity (Wildman–Crippen MR) is 109 cm³/mol. The molecule has 0 unspecified atom stereocenters. The molecule has 1 aromatic rings. The number of ether oxygens (including phenoxy) is 4. The van der Waals surface area contributed by atoms with Crippen molar-refractivity contribution in [3.8, 4) is 11.5 Å². The average molecular weight is 413 g/mol. The van der Waals surface area contributed by atoms with Gasteiger partial charge in [-0.2, -0.15) is 0 Å². The molecule has 2 heterocycles. The summed E-state index contributed by atoms with van der Waals surface area (Å²) in [7, 11) is 0. The van der Waals surface area contributed by atoms with Crippen molar-refractivity contribution in [2.24, 2.45) is 0 Å². The van der Waals surface area contributed by atoms with Crippen LogP contribution in [0.2, 0.25) is 0 Å². The topological polar surface area (TPSA) is 83.1 Å². The number of hydrogen-bond acceptors (Lipinski definition) is 7. The molecular formula is C23H27NO6. The number of allylic oxidation sites excluding steroid dienone is 3. The maximum absolute atomic E-state index is 13.1. The Morgan fingerprint density at radius 3 is 2.83 bits per heavy atom. The Morgan fingerprint density at radius 1 is 1.17 bits per heavy atom. The zero-order chi connectivity index (χ0) is 21.1. The molecule has 7 heteroatoms. The number of benzene rings is 1. The lowest BCUT2D eigenvalue weighted by Gasteiger charge is -2.34. The average Bonchev–Trinajstić information content (AvgIpc) is 3.20. The maximum Gasteiger partial charge on any atom is 0.336 e. The van der Waals surface area contributed by atoms with Gasteiger partial charge in [-0.1, -0.05) is 13.0 Å². The van der Waals surface area contributed by atoms with E-state index in [1.54, 1.807) is 0 Å². The molecule has 3 aliphatic rings. The summed E-state index contributed by atoms with van der Waals surface area (Å²) in [5, 5.41) is 3.29. The molecule has 0 saturated carbocycles. The summed E-state index contributed by atoms with van der Waals surface area (Å²) in [6, 6.07) is 5.57. The van der Waals surface area contributed by atoms with E-state index in [9.17, 15) is 9.59 Å². The van der Waals surface area contributed by atoms with Gasteiger partial charge < -0.3 is 24.3 Å². The highest BCUT2D eigenvalue weighted by atomic mass is 16.7. The van der Waals surface area contributed by atoms with Crippen molar-refractivity contribution in [3.05, 3.63) is 46.3 Å². The van der Waals surface area contributed by atoms with E-state index in [2.05, 4.69) is 5.32 Å². The molecule has 1 N–H and O–H groups in total. The van der Waals surface area contributed by atoms with Crippen molar-refractivity contribution in [2.45, 2.75) is 45.4 Å². The fraction of sp³-hybridized carbons (Fsp3) is 0.478. The van der Waals surface area contributed by atoms with Crippen LogP contribution >= 0.6 is 0 Å². The minimum Gasteiger partial charge on any atom is -0.460 e. The van der Waals surface area contributed by atoms with Crippen LogP contribution in [0.5, 0.6) is 11.5 Å². The van der Waals surface area contributed by atoms with Crippen LogP contribution in [0.25, 0.3) is 0 Å². The first-order valence-corrected chi connectivity index (χ1v) is 10.5. The van der Waals surface area contributed by atoms with E-state index in [0.717, 1.165) is 30.5 Å². The number of dihydropyridines is 1. The van der Waals surface area contributed by atoms with Gasteiger partial charge in [-0.3, -0.25) is 4.79 Å². The van der Waals surface area contributed by atoms with Gasteiger partial charge in [0.05, 0.1) is 12.2 Å². The molecule has 2 aliphatic heterocycles. The fourth-order valence-electron chi connectivity index (χ4n) is 4.20. The molecule has 0 saturated heterocycles. The molecule has 1 atom stereocenters. The summed E-state index contributed by atoms with van der Waals surface area (Å²) in [6.45, 7) is 5.19. The van der Waals surface area contributed by atoms with Gasteiger partial charge >= 0.3 is 5.97 Å². The molecule has 0 aromatic heterocycles. The number of Topliss-reactive ketones (excluding diaryl/α,β-unsaturated/α-hetero) is 1. The standard InChI is InChI=1S/C23H27NO6/c1-3-9-27-10-11-28-23(26)20-14(2)24-16-5-4-6-17(25)22(16)21(20)15-7-8-18-19(12-15)30-13-29-18/h7-8,12,21,24H,3-6,9-11,13H2,1-2H3/t21-/m1/s1. The number of fused-ring (bicyclic) bond motifs is 1. The van der Waals surface area contributed by atoms with E-state index in [4.69, 9.17) is 18.9 Å². The molecule has 0 amide bonds. The number of carbonyl (C=O) groups excluding carboxylic acids is 2. The highest BCUT2D eigenvalue weighted by molar-refractivity contribution is 6.03. The number of hydrogen-bond donors (Lipinski definition) is 1. The quantitative estimate of drug-likeness (QED) is 0.542. The van der Waals surface area contributed by atoms with Gasteiger partial charge in [-0.25, -0.2) is 4.79 Å². The van der Waals surface area contributed by atoms with E-state index >= 15 is 0 Å². The summed E-state index contributed by atoms with van der Waals surface area (Å²) in [5.74, 6) is 0.417. The Morgan fingerprint density at radius 2 is 2.00 bits per heavy atom. The fourth-order valence-corrected chi connectivity index (χ4v) is 4.20. The molecule has 160 valence electrons. The van der Waals surface area contributed by atoms with Crippen LogP contribution in [0.1, 0.15) is 51.0 Å². The molecule has 7 nitrogen and oxygen atoms in total. The first-order chi connectivity index (χ1) is 14.6. The summed E-state index contributed by atoms with van der Waals surface area (Å²) in [6.07, 6.45) is 2.98. The van der Waals surface area contributed by atoms with Crippen molar-refractivity contribution in [2.75, 3.05) is 26.6 Å². The SMILES string of the molecule is CCCOCCOC(=O)C1=C(C)NC2=C(C(=O)CCC2)[C@@H]1c1ccc2c(c1)OCO2. The summed E-state index contributed by atoms with van der Waals surface area (Å²) < 4.78 is 21.9. The lowest BCUT2D eigenvalue weighted by Crippen LogP contribution is -2.34. The van der Waals surface area contributed by atoms with E-state index in [1.807, 2.05) is 32.0 Å². The number of esters is 1. The lowest BCUT2D eigenvalue weighted by atomic mass is 9.75. The van der Waals surface area contributed by atoms with Crippen LogP contribution in [0.3, 0.4) is 0 Å². The molecule has 0 radical (unpaired) electrons. The Bertz CT molecular complexity index is 916. The Kier molecular flexibility index (Phi) is 6.08. The summed E-state index contributed by atoms with van der Waals surface area (Å²) in [5.41, 5.74) is 3.54. The van der Waals surface area contributed by atoms with Crippen molar-refractivity contribution in [1.29, 1.82) is 0 Å². The molecule has 1 aliphatic carbocycles. The monoisotopic (exact) mass is 413 g/mol. The second-order valence-corrected chi connectivity index (χ2v) is 7.63. The highest BCUT2D eigenvalue weighted by Crippen LogP contribution is 2.45. The molecule has 0 fully saturated rings. The molecule has 0 spiro atoms. The number of ketones is 1. The summed E-state index contributed by atoms with van der Waals surface area (Å²) in [4.78, 5) is 26.0. The van der Waals surface area contributed by atoms with Gasteiger partial charge in [0.1, 0.15) is 6.61 Å². The third-order valence-corrected chi connectivity index (χ3v) is 5.54. The van der Waals surface area contributed by atoms with Crippen LogP contribution < -0.4 is 14.8 Å². The third-order valence-electron chi connectivity index (χ3n) is 5.54. The Hall–Kier alpha value is -2.80. The van der Waals surface area contributed by atoms with E-state index in [1.165, 1.54) is 0 Å². The normalized spacial score (nSPS) is 20.2. The van der Waals surface area contributed by atoms with Gasteiger partial charge in [-0.05, 0) is 43.9 Å². The second kappa shape index (κ2) is 8.92. The molecular weight excluding hydrogens is 386 g/mol. The highest BCUT2D eigenvalue weighted by Gasteiger charge is 2.39. The van der Waals surface area contributed by atoms with Crippen LogP contribution in [-0.2, 0) is 19.1 Å². The van der Waals surface area contributed by atoms with Gasteiger partial charge in [0.15, 0.2) is 17.3 Å². The molecule has 4 rings (SSSR count).